The van der Waals surface area contributed by atoms with Crippen LogP contribution in [-0.4, -0.2) is 35.2 Å². The lowest BCUT2D eigenvalue weighted by Gasteiger charge is -2.20. The van der Waals surface area contributed by atoms with Gasteiger partial charge in [-0.3, -0.25) is 9.69 Å². The molecule has 1 aromatic carbocycles. The second-order valence-corrected chi connectivity index (χ2v) is 6.24. The number of aliphatic carboxylic acids is 1. The molecule has 22 heavy (non-hydrogen) atoms. The minimum atomic E-state index is -4.50. The van der Waals surface area contributed by atoms with Gasteiger partial charge >= 0.3 is 12.1 Å². The highest BCUT2D eigenvalue weighted by Gasteiger charge is 2.52. The summed E-state index contributed by atoms with van der Waals surface area (Å²) in [4.78, 5) is 12.6. The van der Waals surface area contributed by atoms with Crippen LogP contribution in [0.15, 0.2) is 12.1 Å². The number of hydrogen-bond acceptors (Lipinski definition) is 2. The quantitative estimate of drug-likeness (QED) is 0.916. The molecule has 1 aliphatic heterocycles. The fraction of sp³-hybridized carbons (Fsp3) is 0.533. The lowest BCUT2D eigenvalue weighted by Crippen LogP contribution is -2.33. The molecule has 1 fully saturated rings. The zero-order chi connectivity index (χ0) is 16.7. The van der Waals surface area contributed by atoms with E-state index < -0.39 is 24.0 Å². The summed E-state index contributed by atoms with van der Waals surface area (Å²) in [6.45, 7) is 3.61. The number of hydrogen-bond donors (Lipinski definition) is 1. The maximum atomic E-state index is 13.0. The van der Waals surface area contributed by atoms with Gasteiger partial charge in [0.15, 0.2) is 0 Å². The van der Waals surface area contributed by atoms with Gasteiger partial charge in [0.25, 0.3) is 0 Å². The van der Waals surface area contributed by atoms with Gasteiger partial charge in [-0.25, -0.2) is 0 Å². The molecule has 1 aromatic rings. The van der Waals surface area contributed by atoms with Crippen molar-refractivity contribution in [3.05, 3.63) is 33.8 Å². The van der Waals surface area contributed by atoms with Crippen LogP contribution in [-0.2, 0) is 11.3 Å². The third-order valence-electron chi connectivity index (χ3n) is 4.18. The van der Waals surface area contributed by atoms with E-state index in [2.05, 4.69) is 0 Å². The minimum Gasteiger partial charge on any atom is -0.481 e. The Kier molecular flexibility index (Phi) is 4.73. The monoisotopic (exact) mass is 335 g/mol. The van der Waals surface area contributed by atoms with E-state index in [-0.39, 0.29) is 13.1 Å². The molecule has 1 N–H and O–H groups in total. The van der Waals surface area contributed by atoms with Gasteiger partial charge in [-0.15, -0.1) is 0 Å². The Bertz CT molecular complexity index is 566. The Morgan fingerprint density at radius 3 is 2.27 bits per heavy atom. The Hall–Kier alpha value is -1.27. The van der Waals surface area contributed by atoms with Crippen molar-refractivity contribution in [2.24, 2.45) is 11.8 Å². The summed E-state index contributed by atoms with van der Waals surface area (Å²) in [5, 5.41) is 9.61. The zero-order valence-electron chi connectivity index (χ0n) is 12.2. The molecule has 0 radical (unpaired) electrons. The highest BCUT2D eigenvalue weighted by atomic mass is 35.5. The molecule has 1 saturated heterocycles. The summed E-state index contributed by atoms with van der Waals surface area (Å²) in [6.07, 6.45) is -4.50. The van der Waals surface area contributed by atoms with Crippen molar-refractivity contribution < 1.29 is 23.1 Å². The van der Waals surface area contributed by atoms with Gasteiger partial charge < -0.3 is 5.11 Å². The van der Waals surface area contributed by atoms with E-state index in [0.717, 1.165) is 16.7 Å². The van der Waals surface area contributed by atoms with E-state index in [4.69, 9.17) is 16.7 Å². The number of carbonyl (C=O) groups is 1. The fourth-order valence-electron chi connectivity index (χ4n) is 3.01. The van der Waals surface area contributed by atoms with Gasteiger partial charge in [0.05, 0.1) is 11.8 Å². The van der Waals surface area contributed by atoms with Crippen molar-refractivity contribution in [3.63, 3.8) is 0 Å². The van der Waals surface area contributed by atoms with Crippen LogP contribution in [0.25, 0.3) is 0 Å². The highest BCUT2D eigenvalue weighted by Crippen LogP contribution is 2.38. The van der Waals surface area contributed by atoms with Gasteiger partial charge in [0.1, 0.15) is 0 Å². The van der Waals surface area contributed by atoms with Crippen LogP contribution in [0.2, 0.25) is 5.02 Å². The third kappa shape index (κ3) is 3.55. The molecule has 2 atom stereocenters. The summed E-state index contributed by atoms with van der Waals surface area (Å²) in [7, 11) is 0. The average Bonchev–Trinajstić information content (AvgIpc) is 2.77. The molecular formula is C15H17ClF3NO2. The van der Waals surface area contributed by atoms with Crippen LogP contribution in [0.3, 0.4) is 0 Å². The molecule has 0 aromatic heterocycles. The number of nitrogens with zero attached hydrogens (tertiary/aromatic N) is 1. The van der Waals surface area contributed by atoms with E-state index in [1.165, 1.54) is 0 Å². The molecule has 0 amide bonds. The highest BCUT2D eigenvalue weighted by molar-refractivity contribution is 6.30. The Balaban J connectivity index is 2.21. The first-order valence-corrected chi connectivity index (χ1v) is 7.25. The number of halogens is 4. The van der Waals surface area contributed by atoms with Crippen LogP contribution in [0.5, 0.6) is 0 Å². The van der Waals surface area contributed by atoms with E-state index >= 15 is 0 Å². The zero-order valence-corrected chi connectivity index (χ0v) is 13.0. The van der Waals surface area contributed by atoms with Crippen molar-refractivity contribution in [2.75, 3.05) is 13.1 Å². The Labute approximate surface area is 131 Å². The molecule has 0 bridgehead atoms. The predicted octanol–water partition coefficient (Wildman–Crippen LogP) is 3.65. The minimum absolute atomic E-state index is 0.0962. The Morgan fingerprint density at radius 1 is 1.32 bits per heavy atom. The van der Waals surface area contributed by atoms with E-state index in [1.54, 1.807) is 17.0 Å². The summed E-state index contributed by atoms with van der Waals surface area (Å²) in [5.41, 5.74) is 2.69. The van der Waals surface area contributed by atoms with Crippen molar-refractivity contribution in [1.29, 1.82) is 0 Å². The molecular weight excluding hydrogens is 319 g/mol. The molecule has 2 rings (SSSR count). The number of likely N-dealkylation sites (tertiary alicyclic amines) is 1. The number of alkyl halides is 3. The number of aryl methyl sites for hydroxylation is 2. The number of benzene rings is 1. The summed E-state index contributed by atoms with van der Waals surface area (Å²) in [6, 6.07) is 3.52. The van der Waals surface area contributed by atoms with E-state index in [0.29, 0.717) is 11.6 Å². The van der Waals surface area contributed by atoms with E-state index in [1.807, 2.05) is 13.8 Å². The van der Waals surface area contributed by atoms with Gasteiger partial charge in [0, 0.05) is 24.7 Å². The number of carboxylic acids is 1. The standard InChI is InChI=1S/C15H17ClF3NO2/c1-8-3-10(16)4-9(2)11(8)5-20-6-12(14(21)22)13(7-20)15(17,18)19/h3-4,12-13H,5-7H2,1-2H3,(H,21,22)/t12-,13-/m1/s1. The SMILES string of the molecule is Cc1cc(Cl)cc(C)c1CN1C[C@@H](C(F)(F)F)[C@H](C(=O)O)C1. The second kappa shape index (κ2) is 6.08. The lowest BCUT2D eigenvalue weighted by atomic mass is 9.96. The van der Waals surface area contributed by atoms with Crippen molar-refractivity contribution >= 4 is 17.6 Å². The first kappa shape index (κ1) is 17.1. The van der Waals surface area contributed by atoms with Crippen molar-refractivity contribution in [1.82, 2.24) is 4.90 Å². The van der Waals surface area contributed by atoms with Crippen molar-refractivity contribution in [2.45, 2.75) is 26.6 Å². The maximum absolute atomic E-state index is 13.0. The van der Waals surface area contributed by atoms with Gasteiger partial charge in [-0.05, 0) is 42.7 Å². The number of rotatable bonds is 3. The average molecular weight is 336 g/mol. The lowest BCUT2D eigenvalue weighted by molar-refractivity contribution is -0.188. The predicted molar refractivity (Wildman–Crippen MR) is 76.9 cm³/mol. The van der Waals surface area contributed by atoms with Crippen LogP contribution in [0.4, 0.5) is 13.2 Å². The maximum Gasteiger partial charge on any atom is 0.393 e. The molecule has 7 heteroatoms. The molecule has 0 saturated carbocycles. The largest absolute Gasteiger partial charge is 0.481 e. The smallest absolute Gasteiger partial charge is 0.393 e. The Morgan fingerprint density at radius 2 is 1.86 bits per heavy atom. The number of carboxylic acid groups (broad SMARTS) is 1. The van der Waals surface area contributed by atoms with Gasteiger partial charge in [0.2, 0.25) is 0 Å². The molecule has 0 spiro atoms. The second-order valence-electron chi connectivity index (χ2n) is 5.81. The molecule has 1 heterocycles. The van der Waals surface area contributed by atoms with Crippen LogP contribution >= 0.6 is 11.6 Å². The van der Waals surface area contributed by atoms with Crippen LogP contribution in [0, 0.1) is 25.7 Å². The van der Waals surface area contributed by atoms with Crippen molar-refractivity contribution in [3.8, 4) is 0 Å². The molecule has 122 valence electrons. The van der Waals surface area contributed by atoms with Crippen LogP contribution < -0.4 is 0 Å². The molecule has 0 unspecified atom stereocenters. The third-order valence-corrected chi connectivity index (χ3v) is 4.39. The topological polar surface area (TPSA) is 40.5 Å². The fourth-order valence-corrected chi connectivity index (χ4v) is 3.34. The summed E-state index contributed by atoms with van der Waals surface area (Å²) < 4.78 is 39.0. The molecule has 0 aliphatic carbocycles. The first-order valence-electron chi connectivity index (χ1n) is 6.87. The summed E-state index contributed by atoms with van der Waals surface area (Å²) in [5.74, 6) is -4.62. The molecule has 3 nitrogen and oxygen atoms in total. The summed E-state index contributed by atoms with van der Waals surface area (Å²) >= 11 is 5.95. The van der Waals surface area contributed by atoms with Gasteiger partial charge in [-0.1, -0.05) is 11.6 Å². The van der Waals surface area contributed by atoms with Gasteiger partial charge in [-0.2, -0.15) is 13.2 Å². The van der Waals surface area contributed by atoms with E-state index in [9.17, 15) is 18.0 Å². The molecule has 1 aliphatic rings. The van der Waals surface area contributed by atoms with Crippen LogP contribution in [0.1, 0.15) is 16.7 Å². The normalized spacial score (nSPS) is 23.0. The first-order chi connectivity index (χ1) is 10.1.